The summed E-state index contributed by atoms with van der Waals surface area (Å²) in [5.74, 6) is 1.16. The summed E-state index contributed by atoms with van der Waals surface area (Å²) in [7, 11) is 0. The number of carboxylic acid groups (broad SMARTS) is 1. The molecule has 2 heterocycles. The molecule has 2 rings (SSSR count). The van der Waals surface area contributed by atoms with Crippen LogP contribution in [0.25, 0.3) is 0 Å². The molecule has 2 aliphatic heterocycles. The van der Waals surface area contributed by atoms with Crippen LogP contribution in [0.1, 0.15) is 12.8 Å². The van der Waals surface area contributed by atoms with Crippen LogP contribution in [0.3, 0.4) is 0 Å². The van der Waals surface area contributed by atoms with Gasteiger partial charge in [-0.2, -0.15) is 11.8 Å². The predicted octanol–water partition coefficient (Wildman–Crippen LogP) is 0.584. The van der Waals surface area contributed by atoms with Gasteiger partial charge in [0.25, 0.3) is 0 Å². The number of hydrogen-bond acceptors (Lipinski definition) is 4. The Balaban J connectivity index is 1.78. The highest BCUT2D eigenvalue weighted by Gasteiger charge is 2.28. The Morgan fingerprint density at radius 3 is 2.69 bits per heavy atom. The molecule has 0 bridgehead atoms. The van der Waals surface area contributed by atoms with E-state index in [9.17, 15) is 4.79 Å². The van der Waals surface area contributed by atoms with Crippen LogP contribution in [0.5, 0.6) is 0 Å². The molecule has 1 N–H and O–H groups in total. The molecule has 2 saturated heterocycles. The van der Waals surface area contributed by atoms with E-state index in [-0.39, 0.29) is 6.04 Å². The first-order valence-corrected chi connectivity index (χ1v) is 7.20. The molecule has 1 unspecified atom stereocenters. The first-order valence-electron chi connectivity index (χ1n) is 6.04. The van der Waals surface area contributed by atoms with Gasteiger partial charge in [0.05, 0.1) is 0 Å². The lowest BCUT2D eigenvalue weighted by atomic mass is 10.2. The van der Waals surface area contributed by atoms with Crippen molar-refractivity contribution in [2.45, 2.75) is 18.9 Å². The molecule has 0 aromatic heterocycles. The minimum Gasteiger partial charge on any atom is -0.480 e. The molecule has 16 heavy (non-hydrogen) atoms. The lowest BCUT2D eigenvalue weighted by Gasteiger charge is -2.33. The maximum absolute atomic E-state index is 11.1. The number of carbonyl (C=O) groups is 1. The fraction of sp³-hybridized carbons (Fsp3) is 0.909. The Labute approximate surface area is 101 Å². The predicted molar refractivity (Wildman–Crippen MR) is 66.0 cm³/mol. The fourth-order valence-electron chi connectivity index (χ4n) is 2.41. The maximum atomic E-state index is 11.1. The fourth-order valence-corrected chi connectivity index (χ4v) is 3.52. The Kier molecular flexibility index (Phi) is 4.49. The molecular formula is C11H20N2O2S. The van der Waals surface area contributed by atoms with Gasteiger partial charge < -0.3 is 10.0 Å². The van der Waals surface area contributed by atoms with Gasteiger partial charge in [0.15, 0.2) is 0 Å². The number of nitrogens with zero attached hydrogens (tertiary/aromatic N) is 2. The van der Waals surface area contributed by atoms with E-state index in [0.717, 1.165) is 31.1 Å². The van der Waals surface area contributed by atoms with Crippen molar-refractivity contribution in [2.24, 2.45) is 0 Å². The van der Waals surface area contributed by atoms with Crippen molar-refractivity contribution < 1.29 is 9.90 Å². The number of hydrogen-bond donors (Lipinski definition) is 1. The molecule has 0 amide bonds. The van der Waals surface area contributed by atoms with Gasteiger partial charge in [-0.25, -0.2) is 0 Å². The van der Waals surface area contributed by atoms with Crippen LogP contribution in [-0.4, -0.2) is 71.1 Å². The van der Waals surface area contributed by atoms with Crippen molar-refractivity contribution in [3.05, 3.63) is 0 Å². The summed E-state index contributed by atoms with van der Waals surface area (Å²) in [5, 5.41) is 9.13. The molecule has 4 nitrogen and oxygen atoms in total. The van der Waals surface area contributed by atoms with Crippen LogP contribution in [0.15, 0.2) is 0 Å². The van der Waals surface area contributed by atoms with Crippen LogP contribution >= 0.6 is 11.8 Å². The summed E-state index contributed by atoms with van der Waals surface area (Å²) in [4.78, 5) is 15.7. The van der Waals surface area contributed by atoms with Crippen molar-refractivity contribution in [3.63, 3.8) is 0 Å². The minimum atomic E-state index is -0.659. The van der Waals surface area contributed by atoms with Gasteiger partial charge >= 0.3 is 5.97 Å². The Morgan fingerprint density at radius 2 is 2.00 bits per heavy atom. The average molecular weight is 244 g/mol. The van der Waals surface area contributed by atoms with E-state index in [1.165, 1.54) is 25.9 Å². The number of thioether (sulfide) groups is 1. The molecular weight excluding hydrogens is 224 g/mol. The van der Waals surface area contributed by atoms with E-state index in [4.69, 9.17) is 5.11 Å². The highest BCUT2D eigenvalue weighted by molar-refractivity contribution is 7.99. The van der Waals surface area contributed by atoms with Crippen LogP contribution < -0.4 is 0 Å². The molecule has 0 saturated carbocycles. The molecule has 0 aromatic carbocycles. The standard InChI is InChI=1S/C11H20N2O2S/c14-11(15)10-9-16-8-7-13(10)6-5-12-3-1-2-4-12/h10H,1-9H2,(H,14,15). The Bertz CT molecular complexity index is 244. The van der Waals surface area contributed by atoms with Crippen molar-refractivity contribution in [2.75, 3.05) is 44.2 Å². The second-order valence-electron chi connectivity index (χ2n) is 4.51. The lowest BCUT2D eigenvalue weighted by molar-refractivity contribution is -0.142. The smallest absolute Gasteiger partial charge is 0.321 e. The second kappa shape index (κ2) is 5.89. The van der Waals surface area contributed by atoms with E-state index in [2.05, 4.69) is 9.80 Å². The first kappa shape index (κ1) is 12.2. The van der Waals surface area contributed by atoms with Gasteiger partial charge in [-0.1, -0.05) is 0 Å². The zero-order valence-corrected chi connectivity index (χ0v) is 10.4. The Hall–Kier alpha value is -0.260. The van der Waals surface area contributed by atoms with Gasteiger partial charge in [0, 0.05) is 31.1 Å². The quantitative estimate of drug-likeness (QED) is 0.784. The summed E-state index contributed by atoms with van der Waals surface area (Å²) < 4.78 is 0. The number of carboxylic acids is 1. The van der Waals surface area contributed by atoms with E-state index >= 15 is 0 Å². The molecule has 0 aromatic rings. The van der Waals surface area contributed by atoms with Gasteiger partial charge in [-0.05, 0) is 25.9 Å². The van der Waals surface area contributed by atoms with Crippen LogP contribution in [0, 0.1) is 0 Å². The van der Waals surface area contributed by atoms with E-state index in [0.29, 0.717) is 0 Å². The third kappa shape index (κ3) is 3.12. The third-order valence-electron chi connectivity index (χ3n) is 3.43. The summed E-state index contributed by atoms with van der Waals surface area (Å²) in [6, 6.07) is -0.263. The number of rotatable bonds is 4. The number of likely N-dealkylation sites (tertiary alicyclic amines) is 1. The maximum Gasteiger partial charge on any atom is 0.321 e. The summed E-state index contributed by atoms with van der Waals surface area (Å²) in [6.07, 6.45) is 2.61. The zero-order chi connectivity index (χ0) is 11.4. The molecule has 1 atom stereocenters. The first-order chi connectivity index (χ1) is 7.77. The zero-order valence-electron chi connectivity index (χ0n) is 9.60. The minimum absolute atomic E-state index is 0.263. The lowest BCUT2D eigenvalue weighted by Crippen LogP contribution is -2.49. The molecule has 0 aliphatic carbocycles. The summed E-state index contributed by atoms with van der Waals surface area (Å²) in [5.41, 5.74) is 0. The molecule has 0 radical (unpaired) electrons. The topological polar surface area (TPSA) is 43.8 Å². The summed E-state index contributed by atoms with van der Waals surface area (Å²) in [6.45, 7) is 5.27. The van der Waals surface area contributed by atoms with Gasteiger partial charge in [-0.3, -0.25) is 9.69 Å². The monoisotopic (exact) mass is 244 g/mol. The molecule has 92 valence electrons. The van der Waals surface area contributed by atoms with Crippen LogP contribution in [-0.2, 0) is 4.79 Å². The van der Waals surface area contributed by atoms with Crippen LogP contribution in [0.4, 0.5) is 0 Å². The van der Waals surface area contributed by atoms with Crippen molar-refractivity contribution in [1.82, 2.24) is 9.80 Å². The van der Waals surface area contributed by atoms with Gasteiger partial charge in [0.1, 0.15) is 6.04 Å². The van der Waals surface area contributed by atoms with Crippen LogP contribution in [0.2, 0.25) is 0 Å². The van der Waals surface area contributed by atoms with Crippen molar-refractivity contribution in [1.29, 1.82) is 0 Å². The number of aliphatic carboxylic acids is 1. The van der Waals surface area contributed by atoms with Crippen molar-refractivity contribution >= 4 is 17.7 Å². The largest absolute Gasteiger partial charge is 0.480 e. The van der Waals surface area contributed by atoms with Gasteiger partial charge in [0.2, 0.25) is 0 Å². The third-order valence-corrected chi connectivity index (χ3v) is 4.45. The molecule has 2 aliphatic rings. The van der Waals surface area contributed by atoms with E-state index in [1.54, 1.807) is 11.8 Å². The van der Waals surface area contributed by atoms with E-state index in [1.807, 2.05) is 0 Å². The second-order valence-corrected chi connectivity index (χ2v) is 5.66. The van der Waals surface area contributed by atoms with Crippen molar-refractivity contribution in [3.8, 4) is 0 Å². The molecule has 2 fully saturated rings. The SMILES string of the molecule is O=C(O)C1CSCCN1CCN1CCCC1. The van der Waals surface area contributed by atoms with Gasteiger partial charge in [-0.15, -0.1) is 0 Å². The summed E-state index contributed by atoms with van der Waals surface area (Å²) >= 11 is 1.76. The normalized spacial score (nSPS) is 28.4. The van der Waals surface area contributed by atoms with E-state index < -0.39 is 5.97 Å². The molecule has 5 heteroatoms. The average Bonchev–Trinajstić information content (AvgIpc) is 2.79. The highest BCUT2D eigenvalue weighted by atomic mass is 32.2. The highest BCUT2D eigenvalue weighted by Crippen LogP contribution is 2.17. The Morgan fingerprint density at radius 1 is 1.25 bits per heavy atom. The molecule has 0 spiro atoms.